The number of pyridine rings is 1. The van der Waals surface area contributed by atoms with Crippen LogP contribution in [0, 0.1) is 5.95 Å². The Morgan fingerprint density at radius 1 is 1.57 bits per heavy atom. The summed E-state index contributed by atoms with van der Waals surface area (Å²) in [6, 6.07) is 0.540. The quantitative estimate of drug-likeness (QED) is 0.620. The van der Waals surface area contributed by atoms with Crippen molar-refractivity contribution in [2.75, 3.05) is 0 Å². The maximum atomic E-state index is 12.7. The predicted molar refractivity (Wildman–Crippen MR) is 41.0 cm³/mol. The number of halogens is 4. The van der Waals surface area contributed by atoms with Gasteiger partial charge in [0.1, 0.15) is 5.69 Å². The van der Waals surface area contributed by atoms with Crippen molar-refractivity contribution in [3.8, 4) is 5.75 Å². The summed E-state index contributed by atoms with van der Waals surface area (Å²) in [5.74, 6) is -2.68. The highest BCUT2D eigenvalue weighted by Gasteiger charge is 2.20. The van der Waals surface area contributed by atoms with E-state index >= 15 is 0 Å². The summed E-state index contributed by atoms with van der Waals surface area (Å²) >= 11 is 4.92. The van der Waals surface area contributed by atoms with Crippen LogP contribution in [0.15, 0.2) is 6.07 Å². The largest absolute Gasteiger partial charge is 0.503 e. The third-order valence-electron chi connectivity index (χ3n) is 1.41. The summed E-state index contributed by atoms with van der Waals surface area (Å²) < 4.78 is 36.8. The fraction of sp³-hybridized carbons (Fsp3) is 0.143. The van der Waals surface area contributed by atoms with Crippen molar-refractivity contribution in [2.45, 2.75) is 6.43 Å². The van der Waals surface area contributed by atoms with E-state index < -0.39 is 34.6 Å². The number of alkyl halides is 2. The predicted octanol–water partition coefficient (Wildman–Crippen LogP) is 2.24. The van der Waals surface area contributed by atoms with Crippen molar-refractivity contribution < 1.29 is 23.1 Å². The summed E-state index contributed by atoms with van der Waals surface area (Å²) in [6.07, 6.45) is -3.04. The molecule has 14 heavy (non-hydrogen) atoms. The van der Waals surface area contributed by atoms with Gasteiger partial charge in [-0.15, -0.1) is 0 Å². The summed E-state index contributed by atoms with van der Waals surface area (Å²) in [6.45, 7) is 0. The summed E-state index contributed by atoms with van der Waals surface area (Å²) in [5, 5.41) is 7.66. The molecule has 0 fully saturated rings. The lowest BCUT2D eigenvalue weighted by atomic mass is 10.2. The first kappa shape index (κ1) is 10.8. The summed E-state index contributed by atoms with van der Waals surface area (Å²) in [7, 11) is 0. The van der Waals surface area contributed by atoms with Crippen LogP contribution in [-0.2, 0) is 0 Å². The van der Waals surface area contributed by atoms with Gasteiger partial charge in [-0.05, 0) is 17.7 Å². The second-order valence-corrected chi connectivity index (χ2v) is 2.65. The minimum atomic E-state index is -3.04. The molecule has 1 rings (SSSR count). The first-order valence-electron chi connectivity index (χ1n) is 3.31. The van der Waals surface area contributed by atoms with E-state index in [1.807, 2.05) is 0 Å². The molecule has 0 saturated carbocycles. The summed E-state index contributed by atoms with van der Waals surface area (Å²) in [5.41, 5.74) is -1.68. The van der Waals surface area contributed by atoms with Gasteiger partial charge in [0.15, 0.2) is 5.75 Å². The van der Waals surface area contributed by atoms with Gasteiger partial charge in [-0.1, -0.05) is 0 Å². The van der Waals surface area contributed by atoms with Gasteiger partial charge in [0.05, 0.1) is 5.56 Å². The van der Waals surface area contributed by atoms with Gasteiger partial charge in [0.25, 0.3) is 17.6 Å². The molecule has 0 radical (unpaired) electrons. The second-order valence-electron chi connectivity index (χ2n) is 2.31. The minimum Gasteiger partial charge on any atom is -0.503 e. The Hall–Kier alpha value is -1.30. The lowest BCUT2D eigenvalue weighted by molar-refractivity contribution is 0.107. The number of nitrogens with zero attached hydrogens (tertiary/aromatic N) is 1. The smallest absolute Gasteiger partial charge is 0.280 e. The van der Waals surface area contributed by atoms with E-state index in [0.717, 1.165) is 0 Å². The molecule has 1 N–H and O–H groups in total. The van der Waals surface area contributed by atoms with Gasteiger partial charge < -0.3 is 5.11 Å². The zero-order valence-corrected chi connectivity index (χ0v) is 7.23. The second kappa shape index (κ2) is 3.83. The standard InChI is InChI=1S/C7H3ClF3NO2/c8-5(14)2-1-3(6(9)10)12-7(11)4(2)13/h1,6,13H. The molecule has 7 heteroatoms. The molecule has 0 atom stereocenters. The molecule has 0 aliphatic rings. The van der Waals surface area contributed by atoms with E-state index in [-0.39, 0.29) is 0 Å². The van der Waals surface area contributed by atoms with E-state index in [9.17, 15) is 18.0 Å². The zero-order chi connectivity index (χ0) is 10.9. The molecule has 0 saturated heterocycles. The molecule has 1 heterocycles. The van der Waals surface area contributed by atoms with E-state index in [0.29, 0.717) is 6.07 Å². The number of hydrogen-bond donors (Lipinski definition) is 1. The Morgan fingerprint density at radius 3 is 2.57 bits per heavy atom. The Kier molecular flexibility index (Phi) is 2.95. The number of rotatable bonds is 2. The number of aromatic nitrogens is 1. The Bertz CT molecular complexity index is 383. The third-order valence-corrected chi connectivity index (χ3v) is 1.61. The number of hydrogen-bond acceptors (Lipinski definition) is 3. The third kappa shape index (κ3) is 1.95. The van der Waals surface area contributed by atoms with Crippen molar-refractivity contribution in [1.82, 2.24) is 4.98 Å². The van der Waals surface area contributed by atoms with E-state index in [1.165, 1.54) is 0 Å². The number of carbonyl (C=O) groups excluding carboxylic acids is 1. The van der Waals surface area contributed by atoms with Gasteiger partial charge in [-0.2, -0.15) is 4.39 Å². The first-order chi connectivity index (χ1) is 6.43. The fourth-order valence-electron chi connectivity index (χ4n) is 0.788. The van der Waals surface area contributed by atoms with Crippen molar-refractivity contribution in [1.29, 1.82) is 0 Å². The van der Waals surface area contributed by atoms with Crippen molar-refractivity contribution >= 4 is 16.8 Å². The lowest BCUT2D eigenvalue weighted by Crippen LogP contribution is -2.00. The number of carbonyl (C=O) groups is 1. The maximum absolute atomic E-state index is 12.7. The van der Waals surface area contributed by atoms with Gasteiger partial charge in [0, 0.05) is 0 Å². The highest BCUT2D eigenvalue weighted by Crippen LogP contribution is 2.26. The summed E-state index contributed by atoms with van der Waals surface area (Å²) in [4.78, 5) is 13.3. The molecule has 1 aromatic heterocycles. The van der Waals surface area contributed by atoms with Crippen molar-refractivity contribution in [2.24, 2.45) is 0 Å². The first-order valence-corrected chi connectivity index (χ1v) is 3.68. The van der Waals surface area contributed by atoms with Crippen LogP contribution in [0.3, 0.4) is 0 Å². The van der Waals surface area contributed by atoms with Crippen LogP contribution in [0.4, 0.5) is 13.2 Å². The molecule has 0 amide bonds. The molecule has 0 aromatic carbocycles. The van der Waals surface area contributed by atoms with Gasteiger partial charge in [0.2, 0.25) is 0 Å². The van der Waals surface area contributed by atoms with Crippen LogP contribution in [0.1, 0.15) is 22.5 Å². The molecular weight excluding hydrogens is 223 g/mol. The van der Waals surface area contributed by atoms with Crippen molar-refractivity contribution in [3.05, 3.63) is 23.3 Å². The lowest BCUT2D eigenvalue weighted by Gasteiger charge is -2.03. The van der Waals surface area contributed by atoms with Crippen LogP contribution in [0.2, 0.25) is 0 Å². The van der Waals surface area contributed by atoms with Crippen LogP contribution >= 0.6 is 11.6 Å². The molecule has 0 unspecified atom stereocenters. The van der Waals surface area contributed by atoms with Crippen LogP contribution in [0.5, 0.6) is 5.75 Å². The average molecular weight is 226 g/mol. The number of aromatic hydroxyl groups is 1. The topological polar surface area (TPSA) is 50.2 Å². The Morgan fingerprint density at radius 2 is 2.14 bits per heavy atom. The van der Waals surface area contributed by atoms with Gasteiger partial charge in [-0.25, -0.2) is 13.8 Å². The monoisotopic (exact) mass is 225 g/mol. The highest BCUT2D eigenvalue weighted by atomic mass is 35.5. The van der Waals surface area contributed by atoms with E-state index in [2.05, 4.69) is 4.98 Å². The van der Waals surface area contributed by atoms with E-state index in [1.54, 1.807) is 0 Å². The van der Waals surface area contributed by atoms with E-state index in [4.69, 9.17) is 16.7 Å². The minimum absolute atomic E-state index is 0.540. The average Bonchev–Trinajstić information content (AvgIpc) is 2.08. The molecule has 3 nitrogen and oxygen atoms in total. The maximum Gasteiger partial charge on any atom is 0.280 e. The molecule has 0 bridgehead atoms. The fourth-order valence-corrected chi connectivity index (χ4v) is 0.932. The van der Waals surface area contributed by atoms with Gasteiger partial charge in [-0.3, -0.25) is 4.79 Å². The molecular formula is C7H3ClF3NO2. The Labute approximate surface area is 81.1 Å². The van der Waals surface area contributed by atoms with Gasteiger partial charge >= 0.3 is 0 Å². The Balaban J connectivity index is 3.35. The highest BCUT2D eigenvalue weighted by molar-refractivity contribution is 6.68. The SMILES string of the molecule is O=C(Cl)c1cc(C(F)F)nc(F)c1O. The molecule has 1 aromatic rings. The normalized spacial score (nSPS) is 10.6. The van der Waals surface area contributed by atoms with Crippen LogP contribution in [0.25, 0.3) is 0 Å². The molecule has 0 aliphatic carbocycles. The zero-order valence-electron chi connectivity index (χ0n) is 6.47. The van der Waals surface area contributed by atoms with Crippen LogP contribution < -0.4 is 0 Å². The molecule has 0 aliphatic heterocycles. The molecule has 76 valence electrons. The van der Waals surface area contributed by atoms with Crippen molar-refractivity contribution in [3.63, 3.8) is 0 Å². The van der Waals surface area contributed by atoms with Crippen LogP contribution in [-0.4, -0.2) is 15.3 Å². The molecule has 0 spiro atoms.